The van der Waals surface area contributed by atoms with Gasteiger partial charge >= 0.3 is 5.97 Å². The highest BCUT2D eigenvalue weighted by Gasteiger charge is 2.22. The molecule has 0 spiro atoms. The summed E-state index contributed by atoms with van der Waals surface area (Å²) in [5.41, 5.74) is 1.91. The molecule has 2 aliphatic rings. The Morgan fingerprint density at radius 1 is 1.00 bits per heavy atom. The minimum atomic E-state index is -1.14. The summed E-state index contributed by atoms with van der Waals surface area (Å²) in [5.74, 6) is -1.81. The molecule has 7 heteroatoms. The Bertz CT molecular complexity index is 1080. The van der Waals surface area contributed by atoms with Crippen molar-refractivity contribution in [3.8, 4) is 5.75 Å². The van der Waals surface area contributed by atoms with E-state index < -0.39 is 11.9 Å². The van der Waals surface area contributed by atoms with E-state index in [1.165, 1.54) is 12.1 Å². The number of hydrogen-bond acceptors (Lipinski definition) is 5. The Balaban J connectivity index is 1.60. The van der Waals surface area contributed by atoms with Crippen molar-refractivity contribution in [1.82, 2.24) is 0 Å². The summed E-state index contributed by atoms with van der Waals surface area (Å²) in [4.78, 5) is 26.8. The number of carboxylic acids is 1. The van der Waals surface area contributed by atoms with Gasteiger partial charge in [-0.1, -0.05) is 30.4 Å². The van der Waals surface area contributed by atoms with Crippen LogP contribution in [0.1, 0.15) is 51.5 Å². The summed E-state index contributed by atoms with van der Waals surface area (Å²) in [6.07, 6.45) is 9.74. The van der Waals surface area contributed by atoms with Crippen LogP contribution >= 0.6 is 0 Å². The fourth-order valence-corrected chi connectivity index (χ4v) is 4.13. The Hall–Kier alpha value is -3.58. The van der Waals surface area contributed by atoms with Crippen molar-refractivity contribution in [2.45, 2.75) is 31.3 Å². The molecule has 1 saturated heterocycles. The van der Waals surface area contributed by atoms with Crippen LogP contribution in [0.5, 0.6) is 5.75 Å². The maximum atomic E-state index is 13.0. The molecule has 1 unspecified atom stereocenters. The van der Waals surface area contributed by atoms with Crippen LogP contribution < -0.4 is 10.2 Å². The van der Waals surface area contributed by atoms with Crippen molar-refractivity contribution >= 4 is 23.3 Å². The van der Waals surface area contributed by atoms with Gasteiger partial charge in [0.2, 0.25) is 0 Å². The van der Waals surface area contributed by atoms with Crippen molar-refractivity contribution in [1.29, 1.82) is 0 Å². The number of carbonyl (C=O) groups is 2. The largest absolute Gasteiger partial charge is 0.507 e. The molecule has 1 fully saturated rings. The molecule has 2 aromatic rings. The number of hydrogen-bond donors (Lipinski definition) is 4. The van der Waals surface area contributed by atoms with E-state index in [0.29, 0.717) is 25.9 Å². The fraction of sp³-hybridized carbons (Fsp3) is 0.280. The minimum absolute atomic E-state index is 0.0157. The third kappa shape index (κ3) is 4.68. The van der Waals surface area contributed by atoms with Crippen LogP contribution in [0, 0.1) is 0 Å². The number of amides is 1. The molecule has 4 N–H and O–H groups in total. The molecule has 0 radical (unpaired) electrons. The summed E-state index contributed by atoms with van der Waals surface area (Å²) in [6, 6.07) is 9.73. The first-order valence-electron chi connectivity index (χ1n) is 10.7. The molecular formula is C25H26N2O5. The van der Waals surface area contributed by atoms with Gasteiger partial charge in [-0.05, 0) is 55.2 Å². The summed E-state index contributed by atoms with van der Waals surface area (Å²) in [7, 11) is 0. The summed E-state index contributed by atoms with van der Waals surface area (Å²) >= 11 is 0. The van der Waals surface area contributed by atoms with E-state index in [1.54, 1.807) is 24.3 Å². The van der Waals surface area contributed by atoms with Gasteiger partial charge in [-0.15, -0.1) is 0 Å². The summed E-state index contributed by atoms with van der Waals surface area (Å²) in [5, 5.41) is 32.3. The zero-order valence-corrected chi connectivity index (χ0v) is 17.6. The first-order chi connectivity index (χ1) is 15.4. The molecule has 0 aromatic heterocycles. The molecule has 4 rings (SSSR count). The van der Waals surface area contributed by atoms with Crippen molar-refractivity contribution in [2.75, 3.05) is 23.3 Å². The summed E-state index contributed by atoms with van der Waals surface area (Å²) < 4.78 is 0. The van der Waals surface area contributed by atoms with Gasteiger partial charge in [0.1, 0.15) is 5.75 Å². The zero-order valence-electron chi connectivity index (χ0n) is 17.6. The number of nitrogens with one attached hydrogen (secondary N) is 1. The van der Waals surface area contributed by atoms with Crippen LogP contribution in [0.4, 0.5) is 11.4 Å². The van der Waals surface area contributed by atoms with E-state index in [1.807, 2.05) is 24.3 Å². The number of phenols is 1. The van der Waals surface area contributed by atoms with Gasteiger partial charge in [0.25, 0.3) is 5.91 Å². The Morgan fingerprint density at radius 3 is 2.47 bits per heavy atom. The first kappa shape index (κ1) is 21.6. The van der Waals surface area contributed by atoms with E-state index in [2.05, 4.69) is 10.2 Å². The second-order valence-electron chi connectivity index (χ2n) is 8.14. The lowest BCUT2D eigenvalue weighted by atomic mass is 9.91. The van der Waals surface area contributed by atoms with E-state index in [9.17, 15) is 24.9 Å². The van der Waals surface area contributed by atoms with E-state index >= 15 is 0 Å². The van der Waals surface area contributed by atoms with Crippen molar-refractivity contribution in [3.05, 3.63) is 77.4 Å². The van der Waals surface area contributed by atoms with E-state index in [-0.39, 0.29) is 34.6 Å². The van der Waals surface area contributed by atoms with Gasteiger partial charge < -0.3 is 25.5 Å². The predicted molar refractivity (Wildman–Crippen MR) is 123 cm³/mol. The lowest BCUT2D eigenvalue weighted by molar-refractivity contribution is 0.0698. The molecule has 1 atom stereocenters. The molecule has 1 aliphatic heterocycles. The van der Waals surface area contributed by atoms with Gasteiger partial charge in [0, 0.05) is 24.7 Å². The lowest BCUT2D eigenvalue weighted by Gasteiger charge is -2.31. The Morgan fingerprint density at radius 2 is 1.78 bits per heavy atom. The number of aromatic hydroxyl groups is 1. The van der Waals surface area contributed by atoms with E-state index in [4.69, 9.17) is 0 Å². The van der Waals surface area contributed by atoms with Crippen molar-refractivity contribution < 1.29 is 24.9 Å². The number of aliphatic hydroxyl groups excluding tert-OH is 1. The molecular weight excluding hydrogens is 408 g/mol. The van der Waals surface area contributed by atoms with E-state index in [0.717, 1.165) is 17.7 Å². The van der Waals surface area contributed by atoms with Gasteiger partial charge in [0.05, 0.1) is 22.9 Å². The number of aliphatic hydroxyl groups is 1. The fourth-order valence-electron chi connectivity index (χ4n) is 4.13. The number of benzene rings is 2. The second-order valence-corrected chi connectivity index (χ2v) is 8.14. The van der Waals surface area contributed by atoms with Gasteiger partial charge in [-0.25, -0.2) is 4.79 Å². The number of allylic oxidation sites excluding steroid dienone is 4. The number of rotatable bonds is 5. The van der Waals surface area contributed by atoms with Crippen LogP contribution in [0.2, 0.25) is 0 Å². The van der Waals surface area contributed by atoms with Gasteiger partial charge in [-0.2, -0.15) is 0 Å². The maximum absolute atomic E-state index is 13.0. The number of aromatic carboxylic acids is 1. The molecule has 166 valence electrons. The minimum Gasteiger partial charge on any atom is -0.507 e. The first-order valence-corrected chi connectivity index (χ1v) is 10.7. The number of phenolic OH excluding ortho intramolecular Hbond substituents is 1. The number of nitrogens with zero attached hydrogens (tertiary/aromatic N) is 1. The normalized spacial score (nSPS) is 18.5. The smallest absolute Gasteiger partial charge is 0.337 e. The van der Waals surface area contributed by atoms with Crippen LogP contribution in [0.3, 0.4) is 0 Å². The zero-order chi connectivity index (χ0) is 22.7. The number of carbonyl (C=O) groups excluding carboxylic acids is 1. The third-order valence-corrected chi connectivity index (χ3v) is 5.99. The van der Waals surface area contributed by atoms with Crippen LogP contribution in [0.25, 0.3) is 0 Å². The molecule has 7 nitrogen and oxygen atoms in total. The van der Waals surface area contributed by atoms with Crippen LogP contribution in [0.15, 0.2) is 60.7 Å². The highest BCUT2D eigenvalue weighted by atomic mass is 16.4. The van der Waals surface area contributed by atoms with Crippen LogP contribution in [-0.2, 0) is 0 Å². The lowest BCUT2D eigenvalue weighted by Crippen LogP contribution is -2.35. The van der Waals surface area contributed by atoms with Crippen molar-refractivity contribution in [3.63, 3.8) is 0 Å². The molecule has 0 bridgehead atoms. The highest BCUT2D eigenvalue weighted by molar-refractivity contribution is 6.09. The molecule has 1 heterocycles. The average molecular weight is 434 g/mol. The second kappa shape index (κ2) is 9.28. The average Bonchev–Trinajstić information content (AvgIpc) is 2.80. The molecule has 1 aliphatic carbocycles. The predicted octanol–water partition coefficient (Wildman–Crippen LogP) is 3.90. The number of piperidine rings is 1. The molecule has 0 saturated carbocycles. The molecule has 2 aromatic carbocycles. The van der Waals surface area contributed by atoms with Crippen molar-refractivity contribution in [2.24, 2.45) is 0 Å². The quantitative estimate of drug-likeness (QED) is 0.568. The molecule has 32 heavy (non-hydrogen) atoms. The van der Waals surface area contributed by atoms with Gasteiger partial charge in [-0.3, -0.25) is 4.79 Å². The maximum Gasteiger partial charge on any atom is 0.337 e. The SMILES string of the molecule is O=C(Nc1cc(C2C=CC=CC2)ccc1C(=O)O)c1cc(N2CCC(O)CC2)ccc1O. The highest BCUT2D eigenvalue weighted by Crippen LogP contribution is 2.31. The molecule has 1 amide bonds. The standard InChI is InChI=1S/C25H26N2O5/c28-19-10-12-27(13-11-19)18-7-9-23(29)21(15-18)24(30)26-22-14-17(6-8-20(22)25(31)32)16-4-2-1-3-5-16/h1-4,6-9,14-16,19,28-29H,5,10-13H2,(H,26,30)(H,31,32). The number of anilines is 2. The Kier molecular flexibility index (Phi) is 6.28. The topological polar surface area (TPSA) is 110 Å². The van der Waals surface area contributed by atoms with Crippen LogP contribution in [-0.4, -0.2) is 46.4 Å². The summed E-state index contributed by atoms with van der Waals surface area (Å²) in [6.45, 7) is 1.31. The van der Waals surface area contributed by atoms with Gasteiger partial charge in [0.15, 0.2) is 0 Å². The monoisotopic (exact) mass is 434 g/mol. The number of carboxylic acid groups (broad SMARTS) is 1. The third-order valence-electron chi connectivity index (χ3n) is 5.99. The Labute approximate surface area is 186 Å².